The molecule has 0 aliphatic carbocycles. The number of aryl methyl sites for hydroxylation is 1. The summed E-state index contributed by atoms with van der Waals surface area (Å²) < 4.78 is 38.1. The van der Waals surface area contributed by atoms with Crippen molar-refractivity contribution in [2.75, 3.05) is 17.7 Å². The molecule has 0 radical (unpaired) electrons. The molecule has 10 heteroatoms. The summed E-state index contributed by atoms with van der Waals surface area (Å²) in [6.07, 6.45) is 0. The van der Waals surface area contributed by atoms with E-state index in [1.807, 2.05) is 26.0 Å². The van der Waals surface area contributed by atoms with Crippen LogP contribution < -0.4 is 10.1 Å². The normalized spacial score (nSPS) is 11.3. The summed E-state index contributed by atoms with van der Waals surface area (Å²) in [5.41, 5.74) is 2.26. The van der Waals surface area contributed by atoms with E-state index in [0.717, 1.165) is 17.3 Å². The molecular weight excluding hydrogens is 520 g/mol. The highest BCUT2D eigenvalue weighted by Crippen LogP contribution is 2.35. The molecule has 1 heterocycles. The molecule has 0 saturated heterocycles. The van der Waals surface area contributed by atoms with Gasteiger partial charge in [-0.25, -0.2) is 8.42 Å². The highest BCUT2D eigenvalue weighted by atomic mass is 35.5. The fourth-order valence-corrected chi connectivity index (χ4v) is 5.68. The number of anilines is 1. The molecule has 1 aromatic heterocycles. The topological polar surface area (TPSA) is 98.5 Å². The number of halogens is 1. The van der Waals surface area contributed by atoms with E-state index >= 15 is 0 Å². The number of amides is 1. The number of ether oxygens (including phenoxy) is 1. The number of nitrogens with one attached hydrogen (secondary N) is 1. The van der Waals surface area contributed by atoms with Gasteiger partial charge in [-0.3, -0.25) is 4.79 Å². The number of sulfone groups is 1. The Kier molecular flexibility index (Phi) is 8.03. The van der Waals surface area contributed by atoms with Gasteiger partial charge in [0.05, 0.1) is 17.3 Å². The molecule has 0 aliphatic rings. The summed E-state index contributed by atoms with van der Waals surface area (Å²) >= 11 is 6.88. The largest absolute Gasteiger partial charge is 0.494 e. The number of carbonyl (C=O) groups is 1. The van der Waals surface area contributed by atoms with Crippen LogP contribution in [0.25, 0.3) is 11.5 Å². The van der Waals surface area contributed by atoms with Gasteiger partial charge in [0.15, 0.2) is 0 Å². The van der Waals surface area contributed by atoms with E-state index in [0.29, 0.717) is 28.6 Å². The quantitative estimate of drug-likeness (QED) is 0.249. The fourth-order valence-electron chi connectivity index (χ4n) is 3.23. The van der Waals surface area contributed by atoms with Crippen molar-refractivity contribution in [2.45, 2.75) is 28.9 Å². The minimum absolute atomic E-state index is 0.0244. The highest BCUT2D eigenvalue weighted by Gasteiger charge is 2.29. The van der Waals surface area contributed by atoms with Crippen LogP contribution >= 0.6 is 23.4 Å². The molecule has 1 N–H and O–H groups in total. The van der Waals surface area contributed by atoms with Gasteiger partial charge in [0.25, 0.3) is 0 Å². The molecule has 186 valence electrons. The SMILES string of the molecule is CCOc1ccc(NC(=O)CSc2oc(-c3ccc(C)cc3)nc2S(=O)(=O)c2ccc(Cl)cc2)cc1. The van der Waals surface area contributed by atoms with Crippen LogP contribution in [0.4, 0.5) is 5.69 Å². The molecule has 36 heavy (non-hydrogen) atoms. The summed E-state index contributed by atoms with van der Waals surface area (Å²) in [6, 6.07) is 20.1. The van der Waals surface area contributed by atoms with Gasteiger partial charge in [-0.2, -0.15) is 4.98 Å². The standard InChI is InChI=1S/C26H23ClN2O5S2/c1-3-33-21-12-10-20(11-13-21)28-23(30)16-35-26-25(36(31,32)22-14-8-19(27)9-15-22)29-24(34-26)18-6-4-17(2)5-7-18/h4-15H,3,16H2,1-2H3,(H,28,30). The molecule has 7 nitrogen and oxygen atoms in total. The first-order valence-electron chi connectivity index (χ1n) is 11.0. The second-order valence-electron chi connectivity index (χ2n) is 7.73. The minimum Gasteiger partial charge on any atom is -0.494 e. The average Bonchev–Trinajstić information content (AvgIpc) is 3.30. The van der Waals surface area contributed by atoms with Crippen LogP contribution in [0.15, 0.2) is 92.2 Å². The summed E-state index contributed by atoms with van der Waals surface area (Å²) in [5, 5.41) is 2.97. The number of hydrogen-bond donors (Lipinski definition) is 1. The Morgan fingerprint density at radius 2 is 1.69 bits per heavy atom. The Morgan fingerprint density at radius 3 is 2.33 bits per heavy atom. The molecule has 0 fully saturated rings. The summed E-state index contributed by atoms with van der Waals surface area (Å²) in [7, 11) is -4.03. The predicted molar refractivity (Wildman–Crippen MR) is 141 cm³/mol. The number of aromatic nitrogens is 1. The predicted octanol–water partition coefficient (Wildman–Crippen LogP) is 6.27. The van der Waals surface area contributed by atoms with Crippen molar-refractivity contribution in [2.24, 2.45) is 0 Å². The zero-order valence-electron chi connectivity index (χ0n) is 19.5. The Labute approximate surface area is 218 Å². The molecule has 0 bridgehead atoms. The molecule has 3 aromatic carbocycles. The van der Waals surface area contributed by atoms with Gasteiger partial charge in [-0.1, -0.05) is 41.1 Å². The molecule has 1 amide bonds. The molecule has 4 aromatic rings. The van der Waals surface area contributed by atoms with Crippen LogP contribution in [0, 0.1) is 6.92 Å². The van der Waals surface area contributed by atoms with Crippen molar-refractivity contribution in [3.05, 3.63) is 83.4 Å². The van der Waals surface area contributed by atoms with E-state index in [1.165, 1.54) is 24.3 Å². The molecule has 0 unspecified atom stereocenters. The van der Waals surface area contributed by atoms with E-state index in [2.05, 4.69) is 10.3 Å². The van der Waals surface area contributed by atoms with Crippen LogP contribution in [0.2, 0.25) is 5.02 Å². The van der Waals surface area contributed by atoms with E-state index in [1.54, 1.807) is 36.4 Å². The number of oxazole rings is 1. The molecule has 4 rings (SSSR count). The van der Waals surface area contributed by atoms with Crippen molar-refractivity contribution in [3.63, 3.8) is 0 Å². The fraction of sp³-hybridized carbons (Fsp3) is 0.154. The van der Waals surface area contributed by atoms with Gasteiger partial charge in [-0.15, -0.1) is 0 Å². The number of rotatable bonds is 9. The van der Waals surface area contributed by atoms with Gasteiger partial charge in [0, 0.05) is 16.3 Å². The smallest absolute Gasteiger partial charge is 0.234 e. The maximum Gasteiger partial charge on any atom is 0.234 e. The van der Waals surface area contributed by atoms with Crippen molar-refractivity contribution in [3.8, 4) is 17.2 Å². The number of thioether (sulfide) groups is 1. The van der Waals surface area contributed by atoms with Crippen LogP contribution in [-0.4, -0.2) is 31.7 Å². The van der Waals surface area contributed by atoms with Crippen LogP contribution in [-0.2, 0) is 14.6 Å². The lowest BCUT2D eigenvalue weighted by atomic mass is 10.1. The summed E-state index contributed by atoms with van der Waals surface area (Å²) in [4.78, 5) is 16.9. The first-order chi connectivity index (χ1) is 17.3. The molecule has 0 aliphatic heterocycles. The number of hydrogen-bond acceptors (Lipinski definition) is 7. The average molecular weight is 543 g/mol. The van der Waals surface area contributed by atoms with Gasteiger partial charge >= 0.3 is 0 Å². The third-order valence-electron chi connectivity index (χ3n) is 5.03. The van der Waals surface area contributed by atoms with Crippen molar-refractivity contribution < 1.29 is 22.4 Å². The minimum atomic E-state index is -4.03. The van der Waals surface area contributed by atoms with E-state index < -0.39 is 9.84 Å². The number of carbonyl (C=O) groups excluding carboxylic acids is 1. The van der Waals surface area contributed by atoms with Crippen LogP contribution in [0.1, 0.15) is 12.5 Å². The van der Waals surface area contributed by atoms with E-state index in [4.69, 9.17) is 20.8 Å². The molecular formula is C26H23ClN2O5S2. The Balaban J connectivity index is 1.59. The van der Waals surface area contributed by atoms with Gasteiger partial charge < -0.3 is 14.5 Å². The second kappa shape index (κ2) is 11.2. The summed E-state index contributed by atoms with van der Waals surface area (Å²) in [5.74, 6) is 0.440. The van der Waals surface area contributed by atoms with Crippen molar-refractivity contribution in [1.82, 2.24) is 4.98 Å². The first kappa shape index (κ1) is 25.8. The first-order valence-corrected chi connectivity index (χ1v) is 13.8. The Bertz CT molecular complexity index is 1450. The van der Waals surface area contributed by atoms with Gasteiger partial charge in [0.1, 0.15) is 5.75 Å². The lowest BCUT2D eigenvalue weighted by Gasteiger charge is -2.07. The maximum absolute atomic E-state index is 13.4. The number of benzene rings is 3. The zero-order valence-corrected chi connectivity index (χ0v) is 21.9. The lowest BCUT2D eigenvalue weighted by Crippen LogP contribution is -2.14. The van der Waals surface area contributed by atoms with Crippen molar-refractivity contribution >= 4 is 44.8 Å². The second-order valence-corrected chi connectivity index (χ2v) is 11.0. The third-order valence-corrected chi connectivity index (χ3v) is 8.03. The zero-order chi connectivity index (χ0) is 25.7. The van der Waals surface area contributed by atoms with E-state index in [9.17, 15) is 13.2 Å². The molecule has 0 saturated carbocycles. The summed E-state index contributed by atoms with van der Waals surface area (Å²) in [6.45, 7) is 4.38. The van der Waals surface area contributed by atoms with E-state index in [-0.39, 0.29) is 32.6 Å². The third kappa shape index (κ3) is 6.10. The van der Waals surface area contributed by atoms with Crippen molar-refractivity contribution in [1.29, 1.82) is 0 Å². The number of nitrogens with zero attached hydrogens (tertiary/aromatic N) is 1. The Morgan fingerprint density at radius 1 is 1.03 bits per heavy atom. The Hall–Kier alpha value is -3.27. The van der Waals surface area contributed by atoms with Gasteiger partial charge in [0.2, 0.25) is 31.8 Å². The highest BCUT2D eigenvalue weighted by molar-refractivity contribution is 8.00. The van der Waals surface area contributed by atoms with Crippen LogP contribution in [0.5, 0.6) is 5.75 Å². The lowest BCUT2D eigenvalue weighted by molar-refractivity contribution is -0.113. The molecule has 0 atom stereocenters. The van der Waals surface area contributed by atoms with Crippen LogP contribution in [0.3, 0.4) is 0 Å². The molecule has 0 spiro atoms. The monoisotopic (exact) mass is 542 g/mol. The maximum atomic E-state index is 13.4. The van der Waals surface area contributed by atoms with Gasteiger partial charge in [-0.05, 0) is 74.5 Å².